The van der Waals surface area contributed by atoms with Gasteiger partial charge in [0, 0.05) is 27.7 Å². The van der Waals surface area contributed by atoms with Crippen LogP contribution in [0.4, 0.5) is 0 Å². The number of hydrogen-bond acceptors (Lipinski definition) is 24. The largest absolute Gasteiger partial charge is 0.463 e. The van der Waals surface area contributed by atoms with Gasteiger partial charge in [0.05, 0.1) is 25.9 Å². The molecule has 0 radical (unpaired) electrons. The molecule has 4 aliphatic rings. The van der Waals surface area contributed by atoms with Crippen LogP contribution < -0.4 is 21.7 Å². The van der Waals surface area contributed by atoms with Gasteiger partial charge in [0.2, 0.25) is 17.7 Å². The van der Waals surface area contributed by atoms with E-state index in [2.05, 4.69) is 20.1 Å². The van der Waals surface area contributed by atoms with E-state index in [1.807, 2.05) is 0 Å². The Balaban J connectivity index is 1.61. The minimum absolute atomic E-state index is 0.542. The summed E-state index contributed by atoms with van der Waals surface area (Å²) in [5.74, 6) is -3.10. The van der Waals surface area contributed by atoms with Gasteiger partial charge in [-0.05, 0) is 0 Å². The lowest BCUT2D eigenvalue weighted by Crippen LogP contribution is -2.71. The average molecular weight is 911 g/mol. The van der Waals surface area contributed by atoms with Crippen molar-refractivity contribution in [2.24, 2.45) is 5.73 Å². The molecule has 4 saturated heterocycles. The maximum atomic E-state index is 12.4. The van der Waals surface area contributed by atoms with Crippen LogP contribution in [0.5, 0.6) is 0 Å². The average Bonchev–Trinajstić information content (AvgIpc) is 3.16. The SMILES string of the molecule is CC(=O)N[C@@H]1[C@@H](O)[C@H](O[C@@H]2O[C@H](CO)[C@@H](O[C@@H]3O[C@H](CO)[C@@H](O[C@@H]4O[C@H](COC(C)=O)[C@@H](O)[C@H](O)[C@H]4N)[C@H](O)[C@H]3NC(C)=O)[C@H](O)[C@H]2NC(C)=O)[C@@H](COS(=O)(=O)O)O[C@H]1O. The number of aliphatic hydroxyl groups is 8. The molecule has 0 saturated carbocycles. The molecule has 0 aliphatic carbocycles. The van der Waals surface area contributed by atoms with E-state index in [4.69, 9.17) is 48.2 Å². The zero-order chi connectivity index (χ0) is 45.7. The molecule has 4 heterocycles. The summed E-state index contributed by atoms with van der Waals surface area (Å²) >= 11 is 0. The summed E-state index contributed by atoms with van der Waals surface area (Å²) < 4.78 is 81.6. The highest BCUT2D eigenvalue weighted by Gasteiger charge is 2.56. The first-order valence-corrected chi connectivity index (χ1v) is 20.0. The van der Waals surface area contributed by atoms with Crippen LogP contribution in [0.25, 0.3) is 0 Å². The second-order valence-electron chi connectivity index (χ2n) is 14.6. The minimum atomic E-state index is -5.14. The zero-order valence-corrected chi connectivity index (χ0v) is 33.8. The quantitative estimate of drug-likeness (QED) is 0.0505. The van der Waals surface area contributed by atoms with Gasteiger partial charge in [-0.1, -0.05) is 0 Å². The fourth-order valence-corrected chi connectivity index (χ4v) is 7.44. The smallest absolute Gasteiger partial charge is 0.397 e. The molecule has 4 fully saturated rings. The van der Waals surface area contributed by atoms with Crippen molar-refractivity contribution < 1.29 is 115 Å². The number of nitrogens with two attached hydrogens (primary N) is 1. The predicted octanol–water partition coefficient (Wildman–Crippen LogP) is -8.95. The van der Waals surface area contributed by atoms with Crippen molar-refractivity contribution in [3.8, 4) is 0 Å². The first-order valence-electron chi connectivity index (χ1n) is 18.7. The lowest BCUT2D eigenvalue weighted by molar-refractivity contribution is -0.361. The van der Waals surface area contributed by atoms with Gasteiger partial charge in [-0.3, -0.25) is 23.7 Å². The second-order valence-corrected chi connectivity index (χ2v) is 15.7. The van der Waals surface area contributed by atoms with Gasteiger partial charge in [-0.25, -0.2) is 4.18 Å². The third kappa shape index (κ3) is 12.9. The summed E-state index contributed by atoms with van der Waals surface area (Å²) in [6.45, 7) is 0.604. The van der Waals surface area contributed by atoms with Crippen LogP contribution in [0.2, 0.25) is 0 Å². The Labute approximate surface area is 347 Å². The van der Waals surface area contributed by atoms with Gasteiger partial charge >= 0.3 is 16.4 Å². The summed E-state index contributed by atoms with van der Waals surface area (Å²) in [7, 11) is -5.14. The van der Waals surface area contributed by atoms with Gasteiger partial charge in [0.25, 0.3) is 0 Å². The van der Waals surface area contributed by atoms with Crippen molar-refractivity contribution in [2.75, 3.05) is 26.4 Å². The van der Waals surface area contributed by atoms with Crippen LogP contribution in [-0.4, -0.2) is 227 Å². The molecule has 0 bridgehead atoms. The lowest BCUT2D eigenvalue weighted by atomic mass is 9.93. The van der Waals surface area contributed by atoms with Gasteiger partial charge in [0.15, 0.2) is 25.2 Å². The summed E-state index contributed by atoms with van der Waals surface area (Å²) in [6.07, 6.45) is -28.3. The highest BCUT2D eigenvalue weighted by atomic mass is 32.3. The van der Waals surface area contributed by atoms with Crippen LogP contribution in [-0.2, 0) is 71.7 Å². The topological polar surface area (TPSA) is 430 Å². The van der Waals surface area contributed by atoms with E-state index in [1.54, 1.807) is 0 Å². The Kier molecular flexibility index (Phi) is 18.0. The number of nitrogens with one attached hydrogen (secondary N) is 3. The van der Waals surface area contributed by atoms with Crippen molar-refractivity contribution in [1.29, 1.82) is 0 Å². The molecular weight excluding hydrogens is 856 g/mol. The Morgan fingerprint density at radius 3 is 1.41 bits per heavy atom. The zero-order valence-electron chi connectivity index (χ0n) is 33.0. The predicted molar refractivity (Wildman–Crippen MR) is 191 cm³/mol. The van der Waals surface area contributed by atoms with Crippen LogP contribution in [0.15, 0.2) is 0 Å². The first kappa shape index (κ1) is 50.8. The number of rotatable bonds is 16. The minimum Gasteiger partial charge on any atom is -0.463 e. The van der Waals surface area contributed by atoms with Gasteiger partial charge < -0.3 is 100 Å². The third-order valence-electron chi connectivity index (χ3n) is 9.96. The van der Waals surface area contributed by atoms with Crippen LogP contribution in [0, 0.1) is 0 Å². The Bertz CT molecular complexity index is 1620. The molecule has 4 aliphatic heterocycles. The highest BCUT2D eigenvalue weighted by molar-refractivity contribution is 7.80. The van der Waals surface area contributed by atoms with Crippen LogP contribution in [0.3, 0.4) is 0 Å². The van der Waals surface area contributed by atoms with E-state index in [-0.39, 0.29) is 0 Å². The van der Waals surface area contributed by atoms with E-state index in [0.717, 1.165) is 27.7 Å². The Morgan fingerprint density at radius 1 is 0.574 bits per heavy atom. The lowest BCUT2D eigenvalue weighted by Gasteiger charge is -2.50. The molecule has 3 amide bonds. The van der Waals surface area contributed by atoms with E-state index in [1.165, 1.54) is 0 Å². The van der Waals surface area contributed by atoms with Crippen molar-refractivity contribution >= 4 is 34.1 Å². The molecule has 0 spiro atoms. The van der Waals surface area contributed by atoms with Crippen molar-refractivity contribution in [3.63, 3.8) is 0 Å². The van der Waals surface area contributed by atoms with E-state index in [0.29, 0.717) is 0 Å². The molecule has 0 aromatic rings. The van der Waals surface area contributed by atoms with Gasteiger partial charge in [-0.15, -0.1) is 0 Å². The highest BCUT2D eigenvalue weighted by Crippen LogP contribution is 2.34. The standard InChI is InChI=1S/C32H54N4O24S/c1-9(39)34-18-23(45)28(16(54-29(18)48)8-53-61(49,50)51)60-32-20(36-11(3)41)25(47)27(14(6-38)56-32)59-31-19(35-10(2)40)24(46)26(13(5-37)55-31)58-30-17(33)22(44)21(43)15(57-30)7-52-12(4)42/h13-32,37-38,43-48H,5-8,33H2,1-4H3,(H,34,39)(H,35,40)(H,36,41)(H,49,50,51)/t13-,14-,15-,16-,17-,18-,19-,20-,21-,22-,23-,24-,25-,26-,27-,28-,29-,30+,31+,32+/m1/s1. The Hall–Kier alpha value is -2.89. The molecule has 61 heavy (non-hydrogen) atoms. The monoisotopic (exact) mass is 910 g/mol. The molecule has 352 valence electrons. The molecule has 0 aromatic carbocycles. The molecule has 29 heteroatoms. The second kappa shape index (κ2) is 21.7. The fraction of sp³-hybridized carbons (Fsp3) is 0.875. The maximum Gasteiger partial charge on any atom is 0.397 e. The number of amides is 3. The molecule has 0 aromatic heterocycles. The summed E-state index contributed by atoms with van der Waals surface area (Å²) in [6, 6.07) is -6.49. The number of carbonyl (C=O) groups is 4. The molecular formula is C32H54N4O24S. The molecule has 20 atom stereocenters. The number of aliphatic hydroxyl groups excluding tert-OH is 8. The van der Waals surface area contributed by atoms with Gasteiger partial charge in [0.1, 0.15) is 98.0 Å². The number of ether oxygens (including phenoxy) is 8. The summed E-state index contributed by atoms with van der Waals surface area (Å²) in [5, 5.41) is 93.9. The molecule has 4 rings (SSSR count). The van der Waals surface area contributed by atoms with E-state index < -0.39 is 183 Å². The molecule has 14 N–H and O–H groups in total. The number of carbonyl (C=O) groups excluding carboxylic acids is 4. The van der Waals surface area contributed by atoms with E-state index >= 15 is 0 Å². The summed E-state index contributed by atoms with van der Waals surface area (Å²) in [5.41, 5.74) is 6.05. The molecule has 28 nitrogen and oxygen atoms in total. The maximum absolute atomic E-state index is 12.4. The normalized spacial score (nSPS) is 41.9. The number of esters is 1. The van der Waals surface area contributed by atoms with E-state index in [9.17, 15) is 68.4 Å². The van der Waals surface area contributed by atoms with Crippen molar-refractivity contribution in [2.45, 2.75) is 150 Å². The first-order chi connectivity index (χ1) is 28.5. The van der Waals surface area contributed by atoms with Gasteiger partial charge in [-0.2, -0.15) is 8.42 Å². The van der Waals surface area contributed by atoms with Crippen LogP contribution >= 0.6 is 0 Å². The van der Waals surface area contributed by atoms with Crippen molar-refractivity contribution in [3.05, 3.63) is 0 Å². The third-order valence-corrected chi connectivity index (χ3v) is 10.4. The Morgan fingerprint density at radius 2 is 0.984 bits per heavy atom. The van der Waals surface area contributed by atoms with Crippen LogP contribution in [0.1, 0.15) is 27.7 Å². The van der Waals surface area contributed by atoms with Crippen molar-refractivity contribution in [1.82, 2.24) is 16.0 Å². The summed E-state index contributed by atoms with van der Waals surface area (Å²) in [4.78, 5) is 48.1. The number of hydrogen-bond donors (Lipinski definition) is 13. The molecule has 0 unspecified atom stereocenters. The fourth-order valence-electron chi connectivity index (χ4n) is 7.14.